The molecule has 1 saturated heterocycles. The zero-order valence-corrected chi connectivity index (χ0v) is 17.0. The molecule has 0 aromatic heterocycles. The Kier molecular flexibility index (Phi) is 7.33. The van der Waals surface area contributed by atoms with E-state index in [1.54, 1.807) is 12.1 Å². The molecule has 0 radical (unpaired) electrons. The van der Waals surface area contributed by atoms with Gasteiger partial charge >= 0.3 is 0 Å². The summed E-state index contributed by atoms with van der Waals surface area (Å²) in [4.78, 5) is 12.8. The van der Waals surface area contributed by atoms with E-state index in [4.69, 9.17) is 14.2 Å². The van der Waals surface area contributed by atoms with Crippen LogP contribution in [0, 0.1) is 0 Å². The number of aliphatic hydroxyl groups is 4. The number of aromatic hydroxyl groups is 2. The lowest BCUT2D eigenvalue weighted by atomic mass is 9.99. The Bertz CT molecular complexity index is 969. The van der Waals surface area contributed by atoms with Crippen molar-refractivity contribution in [3.63, 3.8) is 0 Å². The molecule has 5 atom stereocenters. The highest BCUT2D eigenvalue weighted by Crippen LogP contribution is 2.36. The average Bonchev–Trinajstić information content (AvgIpc) is 2.78. The number of ether oxygens (including phenoxy) is 3. The maximum Gasteiger partial charge on any atom is 0.229 e. The van der Waals surface area contributed by atoms with Gasteiger partial charge in [0.15, 0.2) is 5.78 Å². The summed E-state index contributed by atoms with van der Waals surface area (Å²) >= 11 is 0. The van der Waals surface area contributed by atoms with E-state index in [-0.39, 0.29) is 22.8 Å². The molecule has 2 aromatic carbocycles. The second-order valence-corrected chi connectivity index (χ2v) is 7.12. The lowest BCUT2D eigenvalue weighted by Gasteiger charge is -2.39. The molecule has 1 fully saturated rings. The van der Waals surface area contributed by atoms with Crippen LogP contribution in [0.15, 0.2) is 42.5 Å². The van der Waals surface area contributed by atoms with Gasteiger partial charge < -0.3 is 44.8 Å². The Hall–Kier alpha value is -3.15. The third kappa shape index (κ3) is 5.01. The zero-order chi connectivity index (χ0) is 23.4. The molecule has 0 saturated carbocycles. The predicted molar refractivity (Wildman–Crippen MR) is 111 cm³/mol. The quantitative estimate of drug-likeness (QED) is 0.254. The summed E-state index contributed by atoms with van der Waals surface area (Å²) < 4.78 is 16.0. The van der Waals surface area contributed by atoms with E-state index in [2.05, 4.69) is 0 Å². The minimum absolute atomic E-state index is 0.0662. The molecule has 1 aliphatic rings. The number of phenols is 2. The molecular formula is C22H24O10. The van der Waals surface area contributed by atoms with Crippen LogP contribution in [0.3, 0.4) is 0 Å². The standard InChI is InChI=1S/C22H24O10/c1-30-13-8-15(26)18(14(25)7-4-11-2-5-12(24)6-3-11)16(9-13)31-22-21(29)20(28)19(27)17(10-23)32-22/h2-9,17,19-24,26-29H,10H2,1H3/t17-,19-,20+,21-,22-/m0/s1. The van der Waals surface area contributed by atoms with Crippen LogP contribution in [0.25, 0.3) is 6.08 Å². The maximum atomic E-state index is 12.8. The van der Waals surface area contributed by atoms with Gasteiger partial charge in [-0.05, 0) is 23.8 Å². The van der Waals surface area contributed by atoms with Crippen molar-refractivity contribution >= 4 is 11.9 Å². The molecule has 6 N–H and O–H groups in total. The topological polar surface area (TPSA) is 166 Å². The molecule has 32 heavy (non-hydrogen) atoms. The van der Waals surface area contributed by atoms with Gasteiger partial charge in [0.25, 0.3) is 0 Å². The van der Waals surface area contributed by atoms with Crippen molar-refractivity contribution in [1.29, 1.82) is 0 Å². The van der Waals surface area contributed by atoms with Crippen molar-refractivity contribution < 1.29 is 49.6 Å². The van der Waals surface area contributed by atoms with Gasteiger partial charge in [0.2, 0.25) is 6.29 Å². The zero-order valence-electron chi connectivity index (χ0n) is 17.0. The number of carbonyl (C=O) groups excluding carboxylic acids is 1. The number of methoxy groups -OCH3 is 1. The Morgan fingerprint density at radius 3 is 2.38 bits per heavy atom. The van der Waals surface area contributed by atoms with Crippen molar-refractivity contribution in [2.45, 2.75) is 30.7 Å². The lowest BCUT2D eigenvalue weighted by molar-refractivity contribution is -0.277. The fraction of sp³-hybridized carbons (Fsp3) is 0.318. The monoisotopic (exact) mass is 448 g/mol. The third-order valence-electron chi connectivity index (χ3n) is 4.95. The van der Waals surface area contributed by atoms with Crippen LogP contribution in [0.1, 0.15) is 15.9 Å². The van der Waals surface area contributed by atoms with Crippen LogP contribution < -0.4 is 9.47 Å². The highest BCUT2D eigenvalue weighted by Gasteiger charge is 2.45. The number of rotatable bonds is 7. The molecule has 10 heteroatoms. The summed E-state index contributed by atoms with van der Waals surface area (Å²) in [6.07, 6.45) is -5.12. The normalized spacial score (nSPS) is 25.6. The van der Waals surface area contributed by atoms with Crippen molar-refractivity contribution in [3.05, 3.63) is 53.6 Å². The maximum absolute atomic E-state index is 12.8. The number of aliphatic hydroxyl groups excluding tert-OH is 4. The van der Waals surface area contributed by atoms with Gasteiger partial charge in [-0.2, -0.15) is 0 Å². The first kappa shape index (κ1) is 23.5. The molecule has 2 aromatic rings. The van der Waals surface area contributed by atoms with E-state index < -0.39 is 48.8 Å². The van der Waals surface area contributed by atoms with Crippen LogP contribution in [0.5, 0.6) is 23.0 Å². The smallest absolute Gasteiger partial charge is 0.229 e. The van der Waals surface area contributed by atoms with E-state index in [0.717, 1.165) is 0 Å². The van der Waals surface area contributed by atoms with Crippen molar-refractivity contribution in [2.75, 3.05) is 13.7 Å². The first-order valence-corrected chi connectivity index (χ1v) is 9.64. The number of allylic oxidation sites excluding steroid dienone is 1. The van der Waals surface area contributed by atoms with Crippen LogP contribution >= 0.6 is 0 Å². The van der Waals surface area contributed by atoms with Gasteiger partial charge in [-0.15, -0.1) is 0 Å². The largest absolute Gasteiger partial charge is 0.508 e. The van der Waals surface area contributed by atoms with Gasteiger partial charge in [-0.3, -0.25) is 4.79 Å². The SMILES string of the molecule is COc1cc(O)c(C(=O)C=Cc2ccc(O)cc2)c(O[C@H]2O[C@@H](CO)[C@H](O)[C@@H](O)[C@@H]2O)c1. The summed E-state index contributed by atoms with van der Waals surface area (Å²) in [5, 5.41) is 59.2. The molecule has 1 aliphatic heterocycles. The molecule has 0 aliphatic carbocycles. The Morgan fingerprint density at radius 1 is 1.06 bits per heavy atom. The summed E-state index contributed by atoms with van der Waals surface area (Å²) in [5.41, 5.74) is 0.346. The van der Waals surface area contributed by atoms with Crippen LogP contribution in [-0.2, 0) is 4.74 Å². The Balaban J connectivity index is 1.92. The Labute approximate surface area is 183 Å². The third-order valence-corrected chi connectivity index (χ3v) is 4.95. The van der Waals surface area contributed by atoms with E-state index in [1.165, 1.54) is 43.5 Å². The van der Waals surface area contributed by atoms with E-state index in [1.807, 2.05) is 0 Å². The van der Waals surface area contributed by atoms with Gasteiger partial charge in [0.05, 0.1) is 13.7 Å². The minimum Gasteiger partial charge on any atom is -0.508 e. The summed E-state index contributed by atoms with van der Waals surface area (Å²) in [6, 6.07) is 8.53. The molecule has 3 rings (SSSR count). The summed E-state index contributed by atoms with van der Waals surface area (Å²) in [6.45, 7) is -0.657. The fourth-order valence-electron chi connectivity index (χ4n) is 3.17. The highest BCUT2D eigenvalue weighted by molar-refractivity contribution is 6.10. The second-order valence-electron chi connectivity index (χ2n) is 7.12. The lowest BCUT2D eigenvalue weighted by Crippen LogP contribution is -2.60. The summed E-state index contributed by atoms with van der Waals surface area (Å²) in [5.74, 6) is -1.13. The molecular weight excluding hydrogens is 424 g/mol. The number of hydrogen-bond donors (Lipinski definition) is 6. The molecule has 0 bridgehead atoms. The van der Waals surface area contributed by atoms with E-state index in [9.17, 15) is 35.4 Å². The van der Waals surface area contributed by atoms with Gasteiger partial charge in [0, 0.05) is 12.1 Å². The first-order valence-electron chi connectivity index (χ1n) is 9.64. The number of phenolic OH excluding ortho intramolecular Hbond substituents is 2. The number of hydrogen-bond acceptors (Lipinski definition) is 10. The van der Waals surface area contributed by atoms with Crippen molar-refractivity contribution in [1.82, 2.24) is 0 Å². The number of carbonyl (C=O) groups is 1. The van der Waals surface area contributed by atoms with Crippen molar-refractivity contribution in [3.8, 4) is 23.0 Å². The van der Waals surface area contributed by atoms with Gasteiger partial charge in [-0.25, -0.2) is 0 Å². The van der Waals surface area contributed by atoms with Crippen molar-refractivity contribution in [2.24, 2.45) is 0 Å². The van der Waals surface area contributed by atoms with E-state index >= 15 is 0 Å². The molecule has 10 nitrogen and oxygen atoms in total. The van der Waals surface area contributed by atoms with Gasteiger partial charge in [0.1, 0.15) is 53.0 Å². The molecule has 172 valence electrons. The van der Waals surface area contributed by atoms with E-state index in [0.29, 0.717) is 5.56 Å². The highest BCUT2D eigenvalue weighted by atomic mass is 16.7. The van der Waals surface area contributed by atoms with Crippen LogP contribution in [0.2, 0.25) is 0 Å². The van der Waals surface area contributed by atoms with Crippen LogP contribution in [0.4, 0.5) is 0 Å². The predicted octanol–water partition coefficient (Wildman–Crippen LogP) is 0.181. The molecule has 0 unspecified atom stereocenters. The number of benzene rings is 2. The minimum atomic E-state index is -1.71. The summed E-state index contributed by atoms with van der Waals surface area (Å²) in [7, 11) is 1.33. The van der Waals surface area contributed by atoms with Gasteiger partial charge in [-0.1, -0.05) is 18.2 Å². The second kappa shape index (κ2) is 9.98. The molecule has 1 heterocycles. The number of ketones is 1. The first-order chi connectivity index (χ1) is 15.2. The molecule has 0 spiro atoms. The van der Waals surface area contributed by atoms with Crippen LogP contribution in [-0.4, -0.2) is 80.8 Å². The average molecular weight is 448 g/mol. The Morgan fingerprint density at radius 2 is 1.75 bits per heavy atom. The fourth-order valence-corrected chi connectivity index (χ4v) is 3.17. The molecule has 0 amide bonds.